The second kappa shape index (κ2) is 12.4. The number of ketones is 1. The minimum atomic E-state index is -0.0198. The summed E-state index contributed by atoms with van der Waals surface area (Å²) in [7, 11) is 5.64. The largest absolute Gasteiger partial charge is 0.495 e. The first-order valence-electron chi connectivity index (χ1n) is 13.2. The zero-order valence-electron chi connectivity index (χ0n) is 23.5. The average molecular weight is 493 g/mol. The van der Waals surface area contributed by atoms with Crippen molar-refractivity contribution in [2.45, 2.75) is 53.5 Å². The number of rotatable bonds is 10. The smallest absolute Gasteiger partial charge is 0.154 e. The molecule has 0 spiro atoms. The van der Waals surface area contributed by atoms with Crippen LogP contribution in [0.3, 0.4) is 0 Å². The number of ether oxygens (including phenoxy) is 1. The van der Waals surface area contributed by atoms with Crippen molar-refractivity contribution in [2.24, 2.45) is 10.9 Å². The molecule has 0 amide bonds. The van der Waals surface area contributed by atoms with E-state index >= 15 is 0 Å². The monoisotopic (exact) mass is 492 g/mol. The van der Waals surface area contributed by atoms with Gasteiger partial charge in [-0.25, -0.2) is 0 Å². The van der Waals surface area contributed by atoms with Gasteiger partial charge in [-0.1, -0.05) is 19.9 Å². The highest BCUT2D eigenvalue weighted by molar-refractivity contribution is 6.06. The van der Waals surface area contributed by atoms with Gasteiger partial charge in [0.05, 0.1) is 18.5 Å². The fraction of sp³-hybridized carbons (Fsp3) is 0.533. The zero-order chi connectivity index (χ0) is 26.4. The molecule has 2 unspecified atom stereocenters. The molecule has 2 aliphatic heterocycles. The molecule has 2 heterocycles. The highest BCUT2D eigenvalue weighted by Crippen LogP contribution is 2.32. The van der Waals surface area contributed by atoms with Crippen molar-refractivity contribution in [3.63, 3.8) is 0 Å². The minimum Gasteiger partial charge on any atom is -0.495 e. The van der Waals surface area contributed by atoms with Gasteiger partial charge in [-0.3, -0.25) is 14.7 Å². The van der Waals surface area contributed by atoms with E-state index in [0.29, 0.717) is 11.7 Å². The van der Waals surface area contributed by atoms with Crippen molar-refractivity contribution in [1.82, 2.24) is 9.80 Å². The lowest BCUT2D eigenvalue weighted by molar-refractivity contribution is -0.112. The second-order valence-electron chi connectivity index (χ2n) is 10.2. The molecule has 196 valence electrons. The maximum atomic E-state index is 12.2. The third kappa shape index (κ3) is 6.47. The number of fused-ring (bicyclic) bond motifs is 1. The summed E-state index contributed by atoms with van der Waals surface area (Å²) in [6.07, 6.45) is 8.40. The minimum absolute atomic E-state index is 0.0198. The molecule has 1 aromatic carbocycles. The van der Waals surface area contributed by atoms with Gasteiger partial charge < -0.3 is 14.5 Å². The Bertz CT molecular complexity index is 1070. The third-order valence-corrected chi connectivity index (χ3v) is 7.40. The number of carbonyl (C=O) groups is 1. The van der Waals surface area contributed by atoms with E-state index in [4.69, 9.17) is 9.73 Å². The number of hydrogen-bond donors (Lipinski definition) is 0. The maximum absolute atomic E-state index is 12.2. The van der Waals surface area contributed by atoms with E-state index in [0.717, 1.165) is 54.3 Å². The number of benzene rings is 1. The summed E-state index contributed by atoms with van der Waals surface area (Å²) in [5.74, 6) is 1.02. The van der Waals surface area contributed by atoms with Gasteiger partial charge in [-0.15, -0.1) is 0 Å². The fourth-order valence-electron chi connectivity index (χ4n) is 4.96. The van der Waals surface area contributed by atoms with Crippen LogP contribution in [-0.2, 0) is 4.79 Å². The summed E-state index contributed by atoms with van der Waals surface area (Å²) in [6, 6.07) is 6.65. The Labute approximate surface area is 218 Å². The molecule has 0 bridgehead atoms. The van der Waals surface area contributed by atoms with Crippen molar-refractivity contribution < 1.29 is 9.53 Å². The van der Waals surface area contributed by atoms with E-state index in [2.05, 4.69) is 49.6 Å². The predicted molar refractivity (Wildman–Crippen MR) is 152 cm³/mol. The van der Waals surface area contributed by atoms with Crippen molar-refractivity contribution in [3.05, 3.63) is 53.3 Å². The number of nitrogens with zero attached hydrogens (tertiary/aromatic N) is 4. The second-order valence-corrected chi connectivity index (χ2v) is 10.2. The normalized spacial score (nSPS) is 20.6. The third-order valence-electron chi connectivity index (χ3n) is 7.40. The van der Waals surface area contributed by atoms with E-state index in [-0.39, 0.29) is 11.7 Å². The molecular formula is C30H44N4O2. The molecule has 0 aromatic heterocycles. The van der Waals surface area contributed by atoms with Crippen molar-refractivity contribution in [3.8, 4) is 5.75 Å². The number of allylic oxidation sites excluding steroid dienone is 4. The molecule has 6 heteroatoms. The Morgan fingerprint density at radius 1 is 1.22 bits per heavy atom. The highest BCUT2D eigenvalue weighted by atomic mass is 16.5. The number of piperazine rings is 1. The van der Waals surface area contributed by atoms with E-state index in [1.165, 1.54) is 18.7 Å². The van der Waals surface area contributed by atoms with Crippen LogP contribution in [0.5, 0.6) is 5.75 Å². The average Bonchev–Trinajstić information content (AvgIpc) is 2.84. The van der Waals surface area contributed by atoms with Crippen LogP contribution < -0.4 is 9.64 Å². The first-order valence-corrected chi connectivity index (χ1v) is 13.2. The molecule has 0 N–H and O–H groups in total. The Morgan fingerprint density at radius 2 is 1.97 bits per heavy atom. The van der Waals surface area contributed by atoms with Crippen molar-refractivity contribution in [1.29, 1.82) is 0 Å². The lowest BCUT2D eigenvalue weighted by Crippen LogP contribution is -2.59. The van der Waals surface area contributed by atoms with E-state index in [9.17, 15) is 4.79 Å². The Kier molecular flexibility index (Phi) is 9.55. The van der Waals surface area contributed by atoms with Crippen molar-refractivity contribution >= 4 is 22.9 Å². The van der Waals surface area contributed by atoms with Crippen LogP contribution in [0.1, 0.15) is 53.0 Å². The SMILES string of the molecule is C\C=C(/C=C(C)\C(=N\C(=C/C(C)=O)c1ccc(OC)c(N(C)C)c1)C(C)CC)N1CCN2CCC2C1. The Hall–Kier alpha value is -2.86. The van der Waals surface area contributed by atoms with E-state index in [1.54, 1.807) is 20.1 Å². The molecule has 0 radical (unpaired) electrons. The van der Waals surface area contributed by atoms with Crippen molar-refractivity contribution in [2.75, 3.05) is 52.3 Å². The topological polar surface area (TPSA) is 48.4 Å². The summed E-state index contributed by atoms with van der Waals surface area (Å²) < 4.78 is 5.54. The maximum Gasteiger partial charge on any atom is 0.154 e. The Morgan fingerprint density at radius 3 is 2.50 bits per heavy atom. The first-order chi connectivity index (χ1) is 17.2. The van der Waals surface area contributed by atoms with E-state index < -0.39 is 0 Å². The van der Waals surface area contributed by atoms with Gasteiger partial charge in [0, 0.05) is 69.4 Å². The number of carbonyl (C=O) groups excluding carboxylic acids is 1. The summed E-state index contributed by atoms with van der Waals surface area (Å²) in [6.45, 7) is 14.8. The molecule has 2 aliphatic rings. The Balaban J connectivity index is 2.01. The summed E-state index contributed by atoms with van der Waals surface area (Å²) in [4.78, 5) is 24.5. The first kappa shape index (κ1) is 27.7. The number of aliphatic imine (C=N–C) groups is 1. The lowest BCUT2D eigenvalue weighted by atomic mass is 9.94. The molecule has 3 rings (SSSR count). The molecular weight excluding hydrogens is 448 g/mol. The van der Waals surface area contributed by atoms with E-state index in [1.807, 2.05) is 37.2 Å². The van der Waals surface area contributed by atoms with Gasteiger partial charge in [0.25, 0.3) is 0 Å². The van der Waals surface area contributed by atoms with Crippen LogP contribution in [0.15, 0.2) is 52.7 Å². The summed E-state index contributed by atoms with van der Waals surface area (Å²) >= 11 is 0. The summed E-state index contributed by atoms with van der Waals surface area (Å²) in [5.41, 5.74) is 5.95. The number of hydrogen-bond acceptors (Lipinski definition) is 6. The van der Waals surface area contributed by atoms with Crippen LogP contribution >= 0.6 is 0 Å². The van der Waals surface area contributed by atoms with Gasteiger partial charge in [-0.2, -0.15) is 0 Å². The van der Waals surface area contributed by atoms with Gasteiger partial charge in [0.2, 0.25) is 0 Å². The molecule has 2 saturated heterocycles. The quantitative estimate of drug-likeness (QED) is 0.248. The number of anilines is 1. The van der Waals surface area contributed by atoms with Crippen LogP contribution in [0.2, 0.25) is 0 Å². The lowest BCUT2D eigenvalue weighted by Gasteiger charge is -2.49. The zero-order valence-corrected chi connectivity index (χ0v) is 23.5. The van der Waals surface area contributed by atoms with Crippen LogP contribution in [0.4, 0.5) is 5.69 Å². The fourth-order valence-corrected chi connectivity index (χ4v) is 4.96. The van der Waals surface area contributed by atoms with Gasteiger partial charge in [0.15, 0.2) is 5.78 Å². The van der Waals surface area contributed by atoms with Gasteiger partial charge in [0.1, 0.15) is 5.75 Å². The highest BCUT2D eigenvalue weighted by Gasteiger charge is 2.33. The molecule has 0 saturated carbocycles. The molecule has 2 atom stereocenters. The molecule has 0 aliphatic carbocycles. The number of methoxy groups -OCH3 is 1. The van der Waals surface area contributed by atoms with Gasteiger partial charge in [-0.05, 0) is 69.4 Å². The van der Waals surface area contributed by atoms with Gasteiger partial charge >= 0.3 is 0 Å². The molecule has 36 heavy (non-hydrogen) atoms. The summed E-state index contributed by atoms with van der Waals surface area (Å²) in [5, 5.41) is 0. The molecule has 6 nitrogen and oxygen atoms in total. The predicted octanol–water partition coefficient (Wildman–Crippen LogP) is 5.42. The van der Waals surface area contributed by atoms with Crippen LogP contribution in [0.25, 0.3) is 5.70 Å². The van der Waals surface area contributed by atoms with Crippen LogP contribution in [-0.4, -0.2) is 74.7 Å². The molecule has 1 aromatic rings. The standard InChI is InChI=1S/C30H44N4O2/c1-9-21(3)30(22(4)17-25(10-2)34-16-15-33-14-13-26(33)20-34)31-27(18-23(5)35)24-11-12-29(36-8)28(19-24)32(6)7/h10-12,17-19,21,26H,9,13-16,20H2,1-8H3/b22-17-,25-10+,27-18-,31-30+. The van der Waals surface area contributed by atoms with Crippen LogP contribution in [0, 0.1) is 5.92 Å². The molecule has 2 fully saturated rings.